The first-order valence-electron chi connectivity index (χ1n) is 9.56. The highest BCUT2D eigenvalue weighted by atomic mass is 16.5. The van der Waals surface area contributed by atoms with Crippen molar-refractivity contribution in [1.29, 1.82) is 0 Å². The van der Waals surface area contributed by atoms with Gasteiger partial charge in [0, 0.05) is 45.2 Å². The number of carbonyl (C=O) groups excluding carboxylic acids is 2. The lowest BCUT2D eigenvalue weighted by molar-refractivity contribution is -0.120. The molecule has 4 amide bonds. The van der Waals surface area contributed by atoms with Crippen LogP contribution < -0.4 is 10.2 Å². The molecule has 1 aromatic carbocycles. The van der Waals surface area contributed by atoms with E-state index in [0.717, 1.165) is 16.5 Å². The quantitative estimate of drug-likeness (QED) is 0.804. The van der Waals surface area contributed by atoms with Gasteiger partial charge in [-0.15, -0.1) is 0 Å². The van der Waals surface area contributed by atoms with Crippen molar-refractivity contribution in [3.05, 3.63) is 23.3 Å². The first kappa shape index (κ1) is 19.2. The molecule has 154 valence electrons. The molecule has 2 saturated heterocycles. The molecule has 4 rings (SSSR count). The minimum atomic E-state index is -0.887. The van der Waals surface area contributed by atoms with Crippen LogP contribution in [0.25, 0.3) is 11.0 Å². The van der Waals surface area contributed by atoms with E-state index in [2.05, 4.69) is 15.4 Å². The van der Waals surface area contributed by atoms with E-state index in [1.54, 1.807) is 0 Å². The van der Waals surface area contributed by atoms with E-state index in [1.807, 2.05) is 26.0 Å². The van der Waals surface area contributed by atoms with Gasteiger partial charge in [0.05, 0.1) is 5.39 Å². The Kier molecular flexibility index (Phi) is 4.87. The molecule has 2 aliphatic rings. The fourth-order valence-electron chi connectivity index (χ4n) is 4.05. The molecule has 2 N–H and O–H groups in total. The molecular weight excluding hydrogens is 378 g/mol. The zero-order valence-electron chi connectivity index (χ0n) is 16.3. The zero-order chi connectivity index (χ0) is 20.7. The first-order valence-corrected chi connectivity index (χ1v) is 9.56. The van der Waals surface area contributed by atoms with Crippen LogP contribution in [-0.4, -0.2) is 70.3 Å². The molecule has 0 spiro atoms. The number of nitrogens with zero attached hydrogens (tertiary/aromatic N) is 4. The van der Waals surface area contributed by atoms with Crippen LogP contribution in [0.1, 0.15) is 24.5 Å². The van der Waals surface area contributed by atoms with Gasteiger partial charge in [0.1, 0.15) is 0 Å². The topological polar surface area (TPSA) is 119 Å². The van der Waals surface area contributed by atoms with Crippen molar-refractivity contribution < 1.29 is 24.0 Å². The normalized spacial score (nSPS) is 21.0. The summed E-state index contributed by atoms with van der Waals surface area (Å²) in [6.45, 7) is 6.56. The van der Waals surface area contributed by atoms with Gasteiger partial charge in [0.15, 0.2) is 11.4 Å². The van der Waals surface area contributed by atoms with Crippen molar-refractivity contribution in [3.63, 3.8) is 0 Å². The standard InChI is InChI=1S/C19H23N5O5/c1-11-9-22(7-8-23(11)19(27)28)10-13-3-4-14-16(12(13)2)17(21-29-14)24-6-5-15(25)20-18(24)26/h3-4,11H,5-10H2,1-2H3,(H,27,28)(H,20,25,26). The summed E-state index contributed by atoms with van der Waals surface area (Å²) in [5.41, 5.74) is 2.60. The number of amides is 4. The van der Waals surface area contributed by atoms with Crippen molar-refractivity contribution in [2.75, 3.05) is 31.1 Å². The largest absolute Gasteiger partial charge is 0.465 e. The SMILES string of the molecule is Cc1c(CN2CCN(C(=O)O)C(C)C2)ccc2onc(N3CCC(=O)NC3=O)c12. The van der Waals surface area contributed by atoms with Crippen molar-refractivity contribution in [1.82, 2.24) is 20.3 Å². The first-order chi connectivity index (χ1) is 13.8. The Morgan fingerprint density at radius 1 is 1.31 bits per heavy atom. The average Bonchev–Trinajstić information content (AvgIpc) is 3.08. The Hall–Kier alpha value is -3.14. The molecule has 2 fully saturated rings. The van der Waals surface area contributed by atoms with E-state index in [1.165, 1.54) is 9.80 Å². The maximum absolute atomic E-state index is 12.2. The molecular formula is C19H23N5O5. The predicted octanol–water partition coefficient (Wildman–Crippen LogP) is 1.77. The smallest absolute Gasteiger partial charge is 0.407 e. The lowest BCUT2D eigenvalue weighted by Gasteiger charge is -2.38. The van der Waals surface area contributed by atoms with E-state index in [9.17, 15) is 19.5 Å². The Morgan fingerprint density at radius 3 is 2.79 bits per heavy atom. The third-order valence-corrected chi connectivity index (χ3v) is 5.65. The number of hydrogen-bond donors (Lipinski definition) is 2. The zero-order valence-corrected chi connectivity index (χ0v) is 16.3. The third kappa shape index (κ3) is 3.51. The molecule has 1 atom stereocenters. The number of hydrogen-bond acceptors (Lipinski definition) is 6. The number of carboxylic acid groups (broad SMARTS) is 1. The van der Waals surface area contributed by atoms with Gasteiger partial charge < -0.3 is 14.5 Å². The molecule has 3 heterocycles. The second-order valence-electron chi connectivity index (χ2n) is 7.54. The molecule has 10 heteroatoms. The fraction of sp³-hybridized carbons (Fsp3) is 0.474. The Morgan fingerprint density at radius 2 is 2.10 bits per heavy atom. The molecule has 2 aromatic rings. The second-order valence-corrected chi connectivity index (χ2v) is 7.54. The number of anilines is 1. The molecule has 0 aliphatic carbocycles. The van der Waals surface area contributed by atoms with Crippen LogP contribution in [0.3, 0.4) is 0 Å². The summed E-state index contributed by atoms with van der Waals surface area (Å²) in [5.74, 6) is 0.111. The van der Waals surface area contributed by atoms with Crippen LogP contribution in [0.15, 0.2) is 16.7 Å². The summed E-state index contributed by atoms with van der Waals surface area (Å²) in [5, 5.41) is 16.4. The van der Waals surface area contributed by atoms with E-state index >= 15 is 0 Å². The van der Waals surface area contributed by atoms with Crippen molar-refractivity contribution in [2.24, 2.45) is 0 Å². The summed E-state index contributed by atoms with van der Waals surface area (Å²) in [6, 6.07) is 3.23. The number of imide groups is 1. The van der Waals surface area contributed by atoms with Gasteiger partial charge in [-0.3, -0.25) is 19.9 Å². The Labute approximate surface area is 167 Å². The van der Waals surface area contributed by atoms with E-state index in [-0.39, 0.29) is 24.9 Å². The number of nitrogens with one attached hydrogen (secondary N) is 1. The van der Waals surface area contributed by atoms with Gasteiger partial charge >= 0.3 is 12.1 Å². The molecule has 2 aliphatic heterocycles. The number of urea groups is 1. The molecule has 0 saturated carbocycles. The van der Waals surface area contributed by atoms with Crippen LogP contribution >= 0.6 is 0 Å². The van der Waals surface area contributed by atoms with E-state index < -0.39 is 12.1 Å². The Balaban J connectivity index is 1.59. The van der Waals surface area contributed by atoms with Crippen LogP contribution in [0.5, 0.6) is 0 Å². The highest BCUT2D eigenvalue weighted by molar-refractivity contribution is 6.09. The summed E-state index contributed by atoms with van der Waals surface area (Å²) < 4.78 is 5.42. The van der Waals surface area contributed by atoms with Crippen LogP contribution in [0.2, 0.25) is 0 Å². The number of aryl methyl sites for hydroxylation is 1. The van der Waals surface area contributed by atoms with Crippen LogP contribution in [0.4, 0.5) is 15.4 Å². The summed E-state index contributed by atoms with van der Waals surface area (Å²) >= 11 is 0. The maximum atomic E-state index is 12.2. The van der Waals surface area contributed by atoms with Crippen molar-refractivity contribution in [2.45, 2.75) is 32.9 Å². The minimum absolute atomic E-state index is 0.0778. The lowest BCUT2D eigenvalue weighted by atomic mass is 10.0. The minimum Gasteiger partial charge on any atom is -0.465 e. The molecule has 29 heavy (non-hydrogen) atoms. The molecule has 0 radical (unpaired) electrons. The monoisotopic (exact) mass is 401 g/mol. The molecule has 0 bridgehead atoms. The van der Waals surface area contributed by atoms with Gasteiger partial charge in [0.25, 0.3) is 0 Å². The maximum Gasteiger partial charge on any atom is 0.407 e. The van der Waals surface area contributed by atoms with Gasteiger partial charge in [-0.1, -0.05) is 11.2 Å². The fourth-order valence-corrected chi connectivity index (χ4v) is 4.05. The summed E-state index contributed by atoms with van der Waals surface area (Å²) in [6.07, 6.45) is -0.674. The third-order valence-electron chi connectivity index (χ3n) is 5.65. The molecule has 1 aromatic heterocycles. The molecule has 1 unspecified atom stereocenters. The summed E-state index contributed by atoms with van der Waals surface area (Å²) in [4.78, 5) is 40.0. The number of aromatic nitrogens is 1. The number of piperazine rings is 1. The lowest BCUT2D eigenvalue weighted by Crippen LogP contribution is -2.53. The van der Waals surface area contributed by atoms with Gasteiger partial charge in [-0.2, -0.15) is 0 Å². The number of fused-ring (bicyclic) bond motifs is 1. The summed E-state index contributed by atoms with van der Waals surface area (Å²) in [7, 11) is 0. The predicted molar refractivity (Wildman–Crippen MR) is 104 cm³/mol. The van der Waals surface area contributed by atoms with Crippen LogP contribution in [-0.2, 0) is 11.3 Å². The van der Waals surface area contributed by atoms with Gasteiger partial charge in [-0.25, -0.2) is 9.59 Å². The van der Waals surface area contributed by atoms with E-state index in [4.69, 9.17) is 4.52 Å². The Bertz CT molecular complexity index is 987. The number of rotatable bonds is 3. The average molecular weight is 401 g/mol. The van der Waals surface area contributed by atoms with Crippen LogP contribution in [0, 0.1) is 6.92 Å². The van der Waals surface area contributed by atoms with Crippen molar-refractivity contribution >= 4 is 34.8 Å². The van der Waals surface area contributed by atoms with Crippen molar-refractivity contribution in [3.8, 4) is 0 Å². The highest BCUT2D eigenvalue weighted by Crippen LogP contribution is 2.32. The molecule has 10 nitrogen and oxygen atoms in total. The second kappa shape index (κ2) is 7.36. The number of benzene rings is 1. The number of carbonyl (C=O) groups is 3. The van der Waals surface area contributed by atoms with Gasteiger partial charge in [0.2, 0.25) is 5.91 Å². The van der Waals surface area contributed by atoms with Gasteiger partial charge in [-0.05, 0) is 31.0 Å². The highest BCUT2D eigenvalue weighted by Gasteiger charge is 2.30. The van der Waals surface area contributed by atoms with E-state index in [0.29, 0.717) is 37.6 Å².